The van der Waals surface area contributed by atoms with Crippen molar-refractivity contribution in [3.05, 3.63) is 68.8 Å². The molecular weight excluding hydrogens is 587 g/mol. The number of nitrogens with zero attached hydrogens (tertiary/aromatic N) is 3. The average Bonchev–Trinajstić information content (AvgIpc) is 3.45. The third kappa shape index (κ3) is 7.53. The van der Waals surface area contributed by atoms with Crippen LogP contribution < -0.4 is 5.32 Å². The molecule has 0 radical (unpaired) electrons. The monoisotopic (exact) mass is 618 g/mol. The van der Waals surface area contributed by atoms with Gasteiger partial charge in [0.1, 0.15) is 17.0 Å². The van der Waals surface area contributed by atoms with E-state index in [1.165, 1.54) is 7.11 Å². The highest BCUT2D eigenvalue weighted by atomic mass is 35.5. The second kappa shape index (κ2) is 15.2. The SMILES string of the molecule is CCOC(=O)C1=C(COCCOCCNCc2ccc3nonc3c2)N=C(C)C(C(=O)OC)C1c1cccc(Cl)c1Cl. The van der Waals surface area contributed by atoms with E-state index in [2.05, 4.69) is 20.6 Å². The van der Waals surface area contributed by atoms with Crippen LogP contribution in [0, 0.1) is 5.92 Å². The summed E-state index contributed by atoms with van der Waals surface area (Å²) in [5.74, 6) is -2.91. The van der Waals surface area contributed by atoms with Gasteiger partial charge in [0.05, 0.1) is 61.5 Å². The molecule has 2 heterocycles. The summed E-state index contributed by atoms with van der Waals surface area (Å²) in [5, 5.41) is 11.5. The van der Waals surface area contributed by atoms with Crippen LogP contribution in [-0.4, -0.2) is 74.7 Å². The molecule has 0 saturated carbocycles. The van der Waals surface area contributed by atoms with E-state index in [0.29, 0.717) is 59.3 Å². The van der Waals surface area contributed by atoms with Gasteiger partial charge in [0, 0.05) is 24.7 Å². The fraction of sp³-hybridized carbons (Fsp3) is 0.414. The number of aromatic nitrogens is 2. The van der Waals surface area contributed by atoms with Gasteiger partial charge in [-0.05, 0) is 53.5 Å². The number of rotatable bonds is 14. The molecule has 11 nitrogen and oxygen atoms in total. The normalized spacial score (nSPS) is 16.9. The average molecular weight is 620 g/mol. The summed E-state index contributed by atoms with van der Waals surface area (Å²) in [6, 6.07) is 10.8. The lowest BCUT2D eigenvalue weighted by Gasteiger charge is -2.32. The van der Waals surface area contributed by atoms with Crippen molar-refractivity contribution in [3.63, 3.8) is 0 Å². The maximum Gasteiger partial charge on any atom is 0.336 e. The Morgan fingerprint density at radius 1 is 1.05 bits per heavy atom. The Morgan fingerprint density at radius 3 is 2.62 bits per heavy atom. The number of carbonyl (C=O) groups is 2. The molecule has 2 aromatic carbocycles. The van der Waals surface area contributed by atoms with Crippen molar-refractivity contribution in [3.8, 4) is 0 Å². The predicted molar refractivity (Wildman–Crippen MR) is 157 cm³/mol. The molecule has 1 N–H and O–H groups in total. The Balaban J connectivity index is 1.37. The molecule has 2 unspecified atom stereocenters. The number of methoxy groups -OCH3 is 1. The van der Waals surface area contributed by atoms with Crippen molar-refractivity contribution < 1.29 is 33.2 Å². The third-order valence-electron chi connectivity index (χ3n) is 6.66. The summed E-state index contributed by atoms with van der Waals surface area (Å²) < 4.78 is 26.7. The quantitative estimate of drug-likeness (QED) is 0.203. The lowest BCUT2D eigenvalue weighted by Crippen LogP contribution is -2.37. The number of benzene rings is 2. The van der Waals surface area contributed by atoms with Gasteiger partial charge in [-0.2, -0.15) is 0 Å². The Kier molecular flexibility index (Phi) is 11.4. The second-order valence-electron chi connectivity index (χ2n) is 9.38. The zero-order valence-electron chi connectivity index (χ0n) is 23.5. The molecule has 0 aliphatic carbocycles. The minimum atomic E-state index is -0.903. The molecule has 1 aliphatic heterocycles. The molecule has 13 heteroatoms. The van der Waals surface area contributed by atoms with Crippen LogP contribution in [0.25, 0.3) is 11.0 Å². The molecule has 1 aliphatic rings. The molecule has 4 rings (SSSR count). The summed E-state index contributed by atoms with van der Waals surface area (Å²) in [5.41, 5.74) is 3.94. The summed E-state index contributed by atoms with van der Waals surface area (Å²) in [4.78, 5) is 30.7. The van der Waals surface area contributed by atoms with Crippen molar-refractivity contribution in [2.45, 2.75) is 26.3 Å². The predicted octanol–water partition coefficient (Wildman–Crippen LogP) is 4.52. The molecule has 2 atom stereocenters. The molecule has 224 valence electrons. The Morgan fingerprint density at radius 2 is 1.83 bits per heavy atom. The zero-order valence-corrected chi connectivity index (χ0v) is 25.0. The number of hydrogen-bond acceptors (Lipinski definition) is 11. The fourth-order valence-electron chi connectivity index (χ4n) is 4.73. The van der Waals surface area contributed by atoms with Crippen molar-refractivity contribution in [1.82, 2.24) is 15.6 Å². The number of esters is 2. The first-order chi connectivity index (χ1) is 20.3. The smallest absolute Gasteiger partial charge is 0.336 e. The third-order valence-corrected chi connectivity index (χ3v) is 7.50. The van der Waals surface area contributed by atoms with Crippen molar-refractivity contribution in [1.29, 1.82) is 0 Å². The molecule has 3 aromatic rings. The summed E-state index contributed by atoms with van der Waals surface area (Å²) in [7, 11) is 1.28. The van der Waals surface area contributed by atoms with Gasteiger partial charge < -0.3 is 24.3 Å². The number of nitrogens with one attached hydrogen (secondary N) is 1. The number of halogens is 2. The van der Waals surface area contributed by atoms with Crippen LogP contribution in [0.1, 0.15) is 30.9 Å². The first-order valence-corrected chi connectivity index (χ1v) is 14.2. The van der Waals surface area contributed by atoms with E-state index in [1.54, 1.807) is 32.0 Å². The Labute approximate surface area is 253 Å². The largest absolute Gasteiger partial charge is 0.468 e. The van der Waals surface area contributed by atoms with Gasteiger partial charge in [-0.15, -0.1) is 0 Å². The lowest BCUT2D eigenvalue weighted by molar-refractivity contribution is -0.144. The molecule has 0 amide bonds. The van der Waals surface area contributed by atoms with Gasteiger partial charge in [0.25, 0.3) is 0 Å². The van der Waals surface area contributed by atoms with E-state index < -0.39 is 23.8 Å². The van der Waals surface area contributed by atoms with Crippen molar-refractivity contribution in [2.24, 2.45) is 10.9 Å². The molecule has 0 bridgehead atoms. The topological polar surface area (TPSA) is 134 Å². The number of hydrogen-bond donors (Lipinski definition) is 1. The lowest BCUT2D eigenvalue weighted by atomic mass is 9.75. The van der Waals surface area contributed by atoms with Crippen LogP contribution in [0.4, 0.5) is 0 Å². The fourth-order valence-corrected chi connectivity index (χ4v) is 5.15. The highest BCUT2D eigenvalue weighted by Gasteiger charge is 2.44. The van der Waals surface area contributed by atoms with E-state index in [9.17, 15) is 9.59 Å². The Hall–Kier alpha value is -3.35. The van der Waals surface area contributed by atoms with Crippen LogP contribution in [0.15, 0.2) is 57.3 Å². The first-order valence-electron chi connectivity index (χ1n) is 13.4. The van der Waals surface area contributed by atoms with Crippen molar-refractivity contribution in [2.75, 3.05) is 46.7 Å². The molecule has 1 aromatic heterocycles. The van der Waals surface area contributed by atoms with E-state index in [0.717, 1.165) is 5.56 Å². The highest BCUT2D eigenvalue weighted by Crippen LogP contribution is 2.44. The van der Waals surface area contributed by atoms with E-state index in [1.807, 2.05) is 18.2 Å². The van der Waals surface area contributed by atoms with E-state index in [-0.39, 0.29) is 30.4 Å². The molecule has 0 fully saturated rings. The van der Waals surface area contributed by atoms with Gasteiger partial charge >= 0.3 is 11.9 Å². The van der Waals surface area contributed by atoms with Gasteiger partial charge in [-0.25, -0.2) is 9.42 Å². The van der Waals surface area contributed by atoms with Gasteiger partial charge in [0.15, 0.2) is 0 Å². The minimum Gasteiger partial charge on any atom is -0.468 e. The van der Waals surface area contributed by atoms with Gasteiger partial charge in [0.2, 0.25) is 0 Å². The zero-order chi connectivity index (χ0) is 30.1. The number of carbonyl (C=O) groups excluding carboxylic acids is 2. The van der Waals surface area contributed by atoms with Crippen LogP contribution in [-0.2, 0) is 35.1 Å². The number of aliphatic imine (C=N–C) groups is 1. The summed E-state index contributed by atoms with van der Waals surface area (Å²) in [6.45, 7) is 5.87. The van der Waals surface area contributed by atoms with Crippen LogP contribution in [0.2, 0.25) is 10.0 Å². The molecule has 0 saturated heterocycles. The molecular formula is C29H32Cl2N4O7. The van der Waals surface area contributed by atoms with Crippen molar-refractivity contribution >= 4 is 51.9 Å². The number of ether oxygens (including phenoxy) is 4. The highest BCUT2D eigenvalue weighted by molar-refractivity contribution is 6.42. The van der Waals surface area contributed by atoms with E-state index in [4.69, 9.17) is 46.8 Å². The van der Waals surface area contributed by atoms with Crippen LogP contribution >= 0.6 is 23.2 Å². The molecule has 42 heavy (non-hydrogen) atoms. The van der Waals surface area contributed by atoms with Crippen LogP contribution in [0.3, 0.4) is 0 Å². The van der Waals surface area contributed by atoms with Crippen LogP contribution in [0.5, 0.6) is 0 Å². The van der Waals surface area contributed by atoms with E-state index >= 15 is 0 Å². The second-order valence-corrected chi connectivity index (χ2v) is 10.2. The Bertz CT molecular complexity index is 1470. The summed E-state index contributed by atoms with van der Waals surface area (Å²) in [6.07, 6.45) is 0. The van der Waals surface area contributed by atoms with Gasteiger partial charge in [-0.1, -0.05) is 41.4 Å². The number of fused-ring (bicyclic) bond motifs is 1. The molecule has 0 spiro atoms. The first kappa shape index (κ1) is 31.6. The maximum absolute atomic E-state index is 13.3. The maximum atomic E-state index is 13.3. The minimum absolute atomic E-state index is 0.00490. The summed E-state index contributed by atoms with van der Waals surface area (Å²) >= 11 is 12.9. The standard InChI is InChI=1S/C29H32Cl2N4O7/c1-4-41-29(37)26-23(33-17(2)24(28(36)38-3)25(26)19-6-5-7-20(30)27(19)31)16-40-13-12-39-11-10-32-15-18-8-9-21-22(14-18)35-42-34-21/h5-9,14,24-25,32H,4,10-13,15-16H2,1-3H3. The van der Waals surface area contributed by atoms with Gasteiger partial charge in [-0.3, -0.25) is 9.79 Å².